The highest BCUT2D eigenvalue weighted by Gasteiger charge is 2.27. The summed E-state index contributed by atoms with van der Waals surface area (Å²) in [6, 6.07) is 24.0. The van der Waals surface area contributed by atoms with E-state index in [1.54, 1.807) is 30.3 Å². The number of non-ortho nitro benzene ring substituents is 2. The number of rotatable bonds is 56. The average Bonchev–Trinajstić information content (AvgIpc) is 0.812. The van der Waals surface area contributed by atoms with Gasteiger partial charge in [0.05, 0.1) is 94.7 Å². The van der Waals surface area contributed by atoms with E-state index in [0.717, 1.165) is 150 Å². The van der Waals surface area contributed by atoms with Crippen LogP contribution in [-0.4, -0.2) is 130 Å². The van der Waals surface area contributed by atoms with Crippen LogP contribution in [-0.2, 0) is 9.59 Å². The highest BCUT2D eigenvalue weighted by atomic mass is 35.5. The smallest absolute Gasteiger partial charge is 0.307 e. The van der Waals surface area contributed by atoms with Crippen LogP contribution >= 0.6 is 23.2 Å². The molecule has 34 heteroatoms. The van der Waals surface area contributed by atoms with Crippen LogP contribution in [0.4, 0.5) is 79.6 Å². The lowest BCUT2D eigenvalue weighted by atomic mass is 10.0. The monoisotopic (exact) mass is 1680 g/mol. The summed E-state index contributed by atoms with van der Waals surface area (Å²) in [4.78, 5) is 70.8. The molecule has 0 amide bonds. The molecule has 32 nitrogen and oxygen atoms in total. The number of alkyl halides is 2. The zero-order valence-corrected chi connectivity index (χ0v) is 70.9. The predicted octanol–water partition coefficient (Wildman–Crippen LogP) is 23.9. The summed E-state index contributed by atoms with van der Waals surface area (Å²) in [5.41, 5.74) is 3.04. The van der Waals surface area contributed by atoms with E-state index in [-0.39, 0.29) is 90.0 Å². The summed E-state index contributed by atoms with van der Waals surface area (Å²) in [5, 5.41) is 120. The van der Waals surface area contributed by atoms with Crippen molar-refractivity contribution in [2.75, 3.05) is 87.4 Å². The Morgan fingerprint density at radius 3 is 0.890 bits per heavy atom. The van der Waals surface area contributed by atoms with E-state index >= 15 is 0 Å². The van der Waals surface area contributed by atoms with Gasteiger partial charge >= 0.3 is 23.3 Å². The number of nitro benzene ring substituents is 4. The van der Waals surface area contributed by atoms with Gasteiger partial charge in [-0.3, -0.25) is 50.0 Å². The number of hydrogen-bond acceptors (Lipinski definition) is 26. The van der Waals surface area contributed by atoms with Gasteiger partial charge in [0.1, 0.15) is 45.7 Å². The number of hydrogen-bond donors (Lipinski definition) is 4. The number of halogens is 2. The topological polar surface area (TPSA) is 430 Å². The highest BCUT2D eigenvalue weighted by Crippen LogP contribution is 2.46. The molecule has 0 heterocycles. The van der Waals surface area contributed by atoms with E-state index in [0.29, 0.717) is 92.6 Å². The van der Waals surface area contributed by atoms with Crippen molar-refractivity contribution >= 4 is 115 Å². The Morgan fingerprint density at radius 1 is 0.381 bits per heavy atom. The number of benzene rings is 6. The van der Waals surface area contributed by atoms with Crippen LogP contribution in [0.2, 0.25) is 0 Å². The lowest BCUT2D eigenvalue weighted by molar-refractivity contribution is -0.394. The second kappa shape index (κ2) is 53.1. The average molecular weight is 1680 g/mol. The fourth-order valence-electron chi connectivity index (χ4n) is 12.5. The molecule has 0 aliphatic rings. The van der Waals surface area contributed by atoms with Crippen LogP contribution in [0.5, 0.6) is 23.0 Å². The molecule has 6 unspecified atom stereocenters. The number of azo groups is 4. The van der Waals surface area contributed by atoms with Gasteiger partial charge in [0.25, 0.3) is 11.4 Å². The molecule has 0 spiro atoms. The molecule has 0 radical (unpaired) electrons. The van der Waals surface area contributed by atoms with Crippen LogP contribution in [0, 0.1) is 89.8 Å². The van der Waals surface area contributed by atoms with Gasteiger partial charge in [0.2, 0.25) is 0 Å². The third kappa shape index (κ3) is 32.1. The quantitative estimate of drug-likeness (QED) is 0.0119. The summed E-state index contributed by atoms with van der Waals surface area (Å²) in [7, 11) is 0. The van der Waals surface area contributed by atoms with E-state index in [2.05, 4.69) is 96.3 Å². The zero-order chi connectivity index (χ0) is 86.6. The molecule has 0 aliphatic heterocycles. The Labute approximate surface area is 700 Å². The molecule has 118 heavy (non-hydrogen) atoms. The van der Waals surface area contributed by atoms with Gasteiger partial charge in [0.15, 0.2) is 11.4 Å². The van der Waals surface area contributed by atoms with E-state index < -0.39 is 66.2 Å². The highest BCUT2D eigenvalue weighted by molar-refractivity contribution is 6.19. The molecule has 0 saturated carbocycles. The first-order valence-corrected chi connectivity index (χ1v) is 41.7. The standard InChI is InChI=1S/C45H61Cl2N7O10.C39H55N7O8/c1-6-10-12-31(8-3)28-63-42-25-40(51-49-38-17-15-36(53(59)60)23-41(38)54(61)62)43(64-29-32(9-4)13-11-7-2)24-39(42)50-48-37-16-14-35(22-30(37)5)52(20-18-33(26-46)44(55)56)21-19-34(27-47)45(57)58;1-6-10-12-29(8-3)26-53-38-25-36(43-41-34-17-15-32(45(49)50)23-37(34)46(51)52)39(54-27-30(9-4)13-11-7-2)24-35(38)42-40-33-16-14-31(22-28(33)5)44(18-20-47)19-21-48/h14-17,22-25,31-34H,6-13,18-21,26-29H2,1-5H3,(H,55,56)(H,57,58);14-17,22-25,29-30,47-48H,6-13,18-21,26-27H2,1-5H3. The normalized spacial score (nSPS) is 13.1. The molecule has 6 aromatic carbocycles. The van der Waals surface area contributed by atoms with Gasteiger partial charge in [-0.05, 0) is 136 Å². The number of aliphatic hydroxyl groups is 2. The molecular weight excluding hydrogens is 1560 g/mol. The molecule has 6 aromatic rings. The van der Waals surface area contributed by atoms with E-state index in [9.17, 15) is 70.5 Å². The number of aryl methyl sites for hydroxylation is 2. The SMILES string of the molecule is CCCCC(CC)COc1cc(N=Nc2ccc([N+](=O)[O-])cc2[N+](=O)[O-])c(OCC(CC)CCCC)cc1N=Nc1ccc(N(CCC(CCl)C(=O)O)CCC(CCl)C(=O)O)cc1C.CCCCC(CC)COc1cc(N=Nc2ccc([N+](=O)[O-])cc2[N+](=O)[O-])c(OCC(CC)CCCC)cc1N=Nc1ccc(N(CCO)CCO)cc1C. The number of aliphatic carboxylic acids is 2. The van der Waals surface area contributed by atoms with Crippen LogP contribution in [0.1, 0.15) is 182 Å². The minimum Gasteiger partial charge on any atom is -0.491 e. The maximum absolute atomic E-state index is 11.9. The third-order valence-corrected chi connectivity index (χ3v) is 21.1. The summed E-state index contributed by atoms with van der Waals surface area (Å²) in [6.07, 6.45) is 16.2. The Bertz CT molecular complexity index is 4300. The number of nitro groups is 4. The van der Waals surface area contributed by atoms with Gasteiger partial charge in [0, 0.05) is 85.7 Å². The lowest BCUT2D eigenvalue weighted by Crippen LogP contribution is -2.32. The van der Waals surface area contributed by atoms with Crippen LogP contribution in [0.25, 0.3) is 0 Å². The number of carboxylic acids is 2. The van der Waals surface area contributed by atoms with Crippen molar-refractivity contribution in [3.05, 3.63) is 149 Å². The number of ether oxygens (including phenoxy) is 4. The number of carboxylic acid groups (broad SMARTS) is 2. The van der Waals surface area contributed by atoms with Gasteiger partial charge in [-0.1, -0.05) is 132 Å². The Morgan fingerprint density at radius 2 is 0.653 bits per heavy atom. The minimum absolute atomic E-state index is 0.0526. The Hall–Kier alpha value is -10.4. The van der Waals surface area contributed by atoms with E-state index in [1.807, 2.05) is 54.0 Å². The first-order chi connectivity index (χ1) is 56.8. The largest absolute Gasteiger partial charge is 0.491 e. The van der Waals surface area contributed by atoms with Gasteiger partial charge in [-0.15, -0.1) is 53.9 Å². The lowest BCUT2D eigenvalue weighted by Gasteiger charge is -2.27. The van der Waals surface area contributed by atoms with Crippen molar-refractivity contribution in [2.24, 2.45) is 76.4 Å². The number of unbranched alkanes of at least 4 members (excludes halogenated alkanes) is 4. The molecule has 0 saturated heterocycles. The Kier molecular flexibility index (Phi) is 44.1. The third-order valence-electron chi connectivity index (χ3n) is 20.3. The van der Waals surface area contributed by atoms with Crippen molar-refractivity contribution in [2.45, 2.75) is 185 Å². The molecular formula is C84H116Cl2N14O18. The summed E-state index contributed by atoms with van der Waals surface area (Å²) in [6.45, 7) is 23.5. The summed E-state index contributed by atoms with van der Waals surface area (Å²) in [5.74, 6) is -1.43. The number of aliphatic hydroxyl groups excluding tert-OH is 2. The van der Waals surface area contributed by atoms with Gasteiger partial charge in [-0.25, -0.2) is 0 Å². The number of nitrogens with zero attached hydrogens (tertiary/aromatic N) is 14. The Balaban J connectivity index is 0.000000426. The maximum Gasteiger partial charge on any atom is 0.307 e. The molecule has 0 bridgehead atoms. The number of anilines is 2. The fourth-order valence-corrected chi connectivity index (χ4v) is 13.0. The van der Waals surface area contributed by atoms with Gasteiger partial charge in [-0.2, -0.15) is 10.2 Å². The van der Waals surface area contributed by atoms with Crippen molar-refractivity contribution in [1.82, 2.24) is 0 Å². The van der Waals surface area contributed by atoms with E-state index in [1.165, 1.54) is 12.1 Å². The molecule has 0 aliphatic carbocycles. The van der Waals surface area contributed by atoms with Crippen LogP contribution < -0.4 is 28.7 Å². The van der Waals surface area contributed by atoms with Crippen LogP contribution in [0.3, 0.4) is 0 Å². The van der Waals surface area contributed by atoms with Crippen LogP contribution in [0.15, 0.2) is 138 Å². The first kappa shape index (κ1) is 98.1. The van der Waals surface area contributed by atoms with Crippen molar-refractivity contribution in [1.29, 1.82) is 0 Å². The minimum atomic E-state index is -1.01. The first-order valence-electron chi connectivity index (χ1n) is 40.7. The molecule has 644 valence electrons. The van der Waals surface area contributed by atoms with Crippen molar-refractivity contribution < 1.29 is 68.7 Å². The molecule has 4 N–H and O–H groups in total. The van der Waals surface area contributed by atoms with Crippen molar-refractivity contribution in [3.8, 4) is 23.0 Å². The fraction of sp³-hybridized carbons (Fsp3) is 0.548. The summed E-state index contributed by atoms with van der Waals surface area (Å²) >= 11 is 11.9. The molecule has 6 rings (SSSR count). The maximum atomic E-state index is 11.9. The second-order valence-electron chi connectivity index (χ2n) is 29.0. The zero-order valence-electron chi connectivity index (χ0n) is 69.4. The second-order valence-corrected chi connectivity index (χ2v) is 29.6. The summed E-state index contributed by atoms with van der Waals surface area (Å²) < 4.78 is 25.7. The molecule has 6 atom stereocenters. The molecule has 0 aromatic heterocycles. The van der Waals surface area contributed by atoms with E-state index in [4.69, 9.17) is 42.1 Å². The molecule has 0 fully saturated rings. The number of carbonyl (C=O) groups is 2. The van der Waals surface area contributed by atoms with Crippen molar-refractivity contribution in [3.63, 3.8) is 0 Å². The predicted molar refractivity (Wildman–Crippen MR) is 458 cm³/mol. The van der Waals surface area contributed by atoms with Gasteiger partial charge < -0.3 is 49.2 Å².